The van der Waals surface area contributed by atoms with E-state index in [0.717, 1.165) is 5.69 Å². The average Bonchev–Trinajstić information content (AvgIpc) is 3.41. The molecule has 0 unspecified atom stereocenters. The van der Waals surface area contributed by atoms with Gasteiger partial charge in [-0.2, -0.15) is 0 Å². The van der Waals surface area contributed by atoms with E-state index in [1.54, 1.807) is 6.08 Å². The Hall–Kier alpha value is -2.19. The van der Waals surface area contributed by atoms with Crippen LogP contribution in [0.2, 0.25) is 0 Å². The second kappa shape index (κ2) is 8.22. The third kappa shape index (κ3) is 4.06. The van der Waals surface area contributed by atoms with Gasteiger partial charge in [0.2, 0.25) is 5.95 Å². The summed E-state index contributed by atoms with van der Waals surface area (Å²) >= 11 is 0. The number of rotatable bonds is 6. The van der Waals surface area contributed by atoms with Crippen molar-refractivity contribution in [3.05, 3.63) is 30.6 Å². The van der Waals surface area contributed by atoms with Gasteiger partial charge < -0.3 is 24.8 Å². The number of ether oxygens (including phenoxy) is 3. The largest absolute Gasteiger partial charge is 0.441 e. The zero-order chi connectivity index (χ0) is 18.6. The van der Waals surface area contributed by atoms with Crippen LogP contribution in [-0.4, -0.2) is 60.2 Å². The fraction of sp³-hybridized carbons (Fsp3) is 0.632. The van der Waals surface area contributed by atoms with Crippen LogP contribution in [0.15, 0.2) is 24.9 Å². The molecule has 0 radical (unpaired) electrons. The Labute approximate surface area is 158 Å². The maximum Gasteiger partial charge on any atom is 0.407 e. The molecule has 27 heavy (non-hydrogen) atoms. The Morgan fingerprint density at radius 1 is 1.30 bits per heavy atom. The van der Waals surface area contributed by atoms with E-state index in [4.69, 9.17) is 19.2 Å². The molecule has 4 rings (SSSR count). The third-order valence-corrected chi connectivity index (χ3v) is 5.42. The van der Waals surface area contributed by atoms with Crippen molar-refractivity contribution < 1.29 is 19.0 Å². The molecule has 146 valence electrons. The van der Waals surface area contributed by atoms with Gasteiger partial charge in [0.25, 0.3) is 0 Å². The molecule has 3 aliphatic rings. The summed E-state index contributed by atoms with van der Waals surface area (Å²) in [5, 5.41) is 5.94. The van der Waals surface area contributed by atoms with Crippen LogP contribution >= 0.6 is 0 Å². The predicted octanol–water partition coefficient (Wildman–Crippen LogP) is 1.99. The van der Waals surface area contributed by atoms with Crippen molar-refractivity contribution in [1.82, 2.24) is 15.3 Å². The fourth-order valence-electron chi connectivity index (χ4n) is 4.08. The van der Waals surface area contributed by atoms with Gasteiger partial charge in [0.1, 0.15) is 12.2 Å². The molecule has 3 fully saturated rings. The Kier molecular flexibility index (Phi) is 5.54. The molecule has 1 amide bonds. The highest BCUT2D eigenvalue weighted by molar-refractivity contribution is 5.67. The van der Waals surface area contributed by atoms with E-state index in [1.165, 1.54) is 25.7 Å². The maximum atomic E-state index is 11.8. The van der Waals surface area contributed by atoms with Crippen LogP contribution < -0.4 is 10.6 Å². The molecule has 0 bridgehead atoms. The topological polar surface area (TPSA) is 94.6 Å². The lowest BCUT2D eigenvalue weighted by atomic mass is 10.0. The van der Waals surface area contributed by atoms with Crippen LogP contribution in [0.1, 0.15) is 37.3 Å². The van der Waals surface area contributed by atoms with Crippen LogP contribution in [-0.2, 0) is 14.2 Å². The van der Waals surface area contributed by atoms with E-state index in [9.17, 15) is 4.79 Å². The van der Waals surface area contributed by atoms with Crippen molar-refractivity contribution in [2.45, 2.75) is 56.0 Å². The molecule has 1 saturated carbocycles. The van der Waals surface area contributed by atoms with Gasteiger partial charge >= 0.3 is 6.09 Å². The molecule has 4 atom stereocenters. The number of amides is 1. The fourth-order valence-corrected chi connectivity index (χ4v) is 4.08. The number of aromatic nitrogens is 2. The van der Waals surface area contributed by atoms with Crippen molar-refractivity contribution >= 4 is 12.0 Å². The van der Waals surface area contributed by atoms with Crippen molar-refractivity contribution in [1.29, 1.82) is 0 Å². The van der Waals surface area contributed by atoms with Crippen molar-refractivity contribution in [2.75, 3.05) is 25.1 Å². The van der Waals surface area contributed by atoms with Gasteiger partial charge in [-0.25, -0.2) is 14.8 Å². The van der Waals surface area contributed by atoms with Gasteiger partial charge in [0.15, 0.2) is 6.10 Å². The molecule has 2 saturated heterocycles. The minimum absolute atomic E-state index is 0.0707. The highest BCUT2D eigenvalue weighted by Gasteiger charge is 2.49. The number of fused-ring (bicyclic) bond motifs is 1. The summed E-state index contributed by atoms with van der Waals surface area (Å²) in [4.78, 5) is 20.8. The summed E-state index contributed by atoms with van der Waals surface area (Å²) < 4.78 is 17.1. The number of hydrogen-bond acceptors (Lipinski definition) is 7. The predicted molar refractivity (Wildman–Crippen MR) is 98.6 cm³/mol. The number of carbonyl (C=O) groups excluding carboxylic acids is 1. The van der Waals surface area contributed by atoms with Gasteiger partial charge in [-0.3, -0.25) is 0 Å². The van der Waals surface area contributed by atoms with Crippen LogP contribution in [0.4, 0.5) is 10.7 Å². The van der Waals surface area contributed by atoms with Crippen LogP contribution in [0.3, 0.4) is 0 Å². The number of alkyl carbamates (subject to hydrolysis) is 1. The minimum Gasteiger partial charge on any atom is -0.441 e. The molecule has 1 aliphatic carbocycles. The number of anilines is 1. The van der Waals surface area contributed by atoms with Crippen molar-refractivity contribution in [3.8, 4) is 0 Å². The van der Waals surface area contributed by atoms with Gasteiger partial charge in [-0.1, -0.05) is 18.9 Å². The first kappa shape index (κ1) is 18.2. The highest BCUT2D eigenvalue weighted by Crippen LogP contribution is 2.34. The van der Waals surface area contributed by atoms with Crippen molar-refractivity contribution in [2.24, 2.45) is 0 Å². The van der Waals surface area contributed by atoms with E-state index >= 15 is 0 Å². The minimum atomic E-state index is -0.489. The number of nitrogens with zero attached hydrogens (tertiary/aromatic N) is 2. The summed E-state index contributed by atoms with van der Waals surface area (Å²) in [6.07, 6.45) is 6.96. The highest BCUT2D eigenvalue weighted by atomic mass is 16.6. The molecule has 1 aromatic rings. The summed E-state index contributed by atoms with van der Waals surface area (Å²) in [5.41, 5.74) is 1.10. The monoisotopic (exact) mass is 374 g/mol. The van der Waals surface area contributed by atoms with Gasteiger partial charge in [-0.15, -0.1) is 6.58 Å². The van der Waals surface area contributed by atoms with Crippen LogP contribution in [0.25, 0.3) is 0 Å². The number of hydrogen-bond donors (Lipinski definition) is 2. The van der Waals surface area contributed by atoms with E-state index < -0.39 is 12.2 Å². The summed E-state index contributed by atoms with van der Waals surface area (Å²) in [7, 11) is 0. The molecule has 8 nitrogen and oxygen atoms in total. The number of carbonyl (C=O) groups is 1. The Morgan fingerprint density at radius 2 is 2.11 bits per heavy atom. The zero-order valence-electron chi connectivity index (χ0n) is 15.3. The Bertz CT molecular complexity index is 679. The third-order valence-electron chi connectivity index (χ3n) is 5.42. The molecule has 0 spiro atoms. The lowest BCUT2D eigenvalue weighted by Gasteiger charge is -2.18. The Morgan fingerprint density at radius 3 is 2.93 bits per heavy atom. The molecule has 2 aliphatic heterocycles. The lowest BCUT2D eigenvalue weighted by Crippen LogP contribution is -2.39. The molecule has 1 aromatic heterocycles. The van der Waals surface area contributed by atoms with E-state index in [1.807, 2.05) is 12.3 Å². The molecule has 2 N–H and O–H groups in total. The van der Waals surface area contributed by atoms with Crippen LogP contribution in [0, 0.1) is 0 Å². The Balaban J connectivity index is 1.34. The second-order valence-electron chi connectivity index (χ2n) is 7.25. The smallest absolute Gasteiger partial charge is 0.407 e. The summed E-state index contributed by atoms with van der Waals surface area (Å²) in [6, 6.07) is 1.94. The molecular formula is C19H26N4O4. The maximum absolute atomic E-state index is 11.8. The molecule has 0 aromatic carbocycles. The van der Waals surface area contributed by atoms with E-state index in [-0.39, 0.29) is 18.2 Å². The van der Waals surface area contributed by atoms with Gasteiger partial charge in [0.05, 0.1) is 19.3 Å². The normalized spacial score (nSPS) is 30.1. The summed E-state index contributed by atoms with van der Waals surface area (Å²) in [5.74, 6) is 1.14. The first-order valence-corrected chi connectivity index (χ1v) is 9.62. The van der Waals surface area contributed by atoms with Crippen LogP contribution in [0.5, 0.6) is 0 Å². The van der Waals surface area contributed by atoms with Crippen molar-refractivity contribution in [3.63, 3.8) is 0 Å². The molecule has 8 heteroatoms. The van der Waals surface area contributed by atoms with Gasteiger partial charge in [-0.05, 0) is 18.9 Å². The quantitative estimate of drug-likeness (QED) is 0.735. The molecule has 3 heterocycles. The second-order valence-corrected chi connectivity index (χ2v) is 7.25. The van der Waals surface area contributed by atoms with E-state index in [0.29, 0.717) is 31.6 Å². The van der Waals surface area contributed by atoms with Gasteiger partial charge in [0, 0.05) is 24.4 Å². The standard InChI is InChI=1S/C19H26N4O4/c1-2-8-21-19(24)27-15-11-26-16-14(10-25-17(15)16)23-18-20-9-7-13(22-18)12-5-3-4-6-12/h2,7,9,12,14-17H,1,3-6,8,10-11H2,(H,21,24)(H,20,22,23)/t14-,15-,16-,17+/m0/s1. The molecular weight excluding hydrogens is 348 g/mol. The SMILES string of the molecule is C=CCNC(=O)O[C@H]1CO[C@@H]2[C@@H]1OC[C@@H]2Nc1nccc(C2CCCC2)n1. The lowest BCUT2D eigenvalue weighted by molar-refractivity contribution is 0.00475. The number of nitrogens with one attached hydrogen (secondary N) is 2. The average molecular weight is 374 g/mol. The van der Waals surface area contributed by atoms with E-state index in [2.05, 4.69) is 22.2 Å². The first-order valence-electron chi connectivity index (χ1n) is 9.62. The first-order chi connectivity index (χ1) is 13.2. The zero-order valence-corrected chi connectivity index (χ0v) is 15.3. The summed E-state index contributed by atoms with van der Waals surface area (Å²) in [6.45, 7) is 4.70.